The number of carbonyl (C=O) groups is 1. The molecule has 1 N–H and O–H groups in total. The summed E-state index contributed by atoms with van der Waals surface area (Å²) in [5, 5.41) is 11.0. The lowest BCUT2D eigenvalue weighted by molar-refractivity contribution is -0.218. The van der Waals surface area contributed by atoms with Crippen LogP contribution in [0.25, 0.3) is 0 Å². The number of hydrogen-bond acceptors (Lipinski definition) is 3. The van der Waals surface area contributed by atoms with E-state index in [1.165, 1.54) is 31.3 Å². The maximum Gasteiger partial charge on any atom is 0.312 e. The average molecular weight is 533 g/mol. The summed E-state index contributed by atoms with van der Waals surface area (Å²) < 4.78 is 6.14. The van der Waals surface area contributed by atoms with Crippen LogP contribution in [0.5, 0.6) is 0 Å². The smallest absolute Gasteiger partial charge is 0.312 e. The van der Waals surface area contributed by atoms with Crippen LogP contribution in [0, 0.1) is 57.2 Å². The Morgan fingerprint density at radius 3 is 2.31 bits per heavy atom. The molecule has 0 aromatic heterocycles. The highest BCUT2D eigenvalue weighted by Gasteiger charge is 2.68. The summed E-state index contributed by atoms with van der Waals surface area (Å²) in [5.74, 6) is 3.40. The van der Waals surface area contributed by atoms with Gasteiger partial charge in [0.1, 0.15) is 6.61 Å². The molecule has 10 atom stereocenters. The van der Waals surface area contributed by atoms with E-state index >= 15 is 0 Å². The molecule has 0 heterocycles. The van der Waals surface area contributed by atoms with Crippen LogP contribution in [0.3, 0.4) is 0 Å². The number of allylic oxidation sites excluding steroid dienone is 1. The topological polar surface area (TPSA) is 46.5 Å². The first-order valence-corrected chi connectivity index (χ1v) is 16.0. The fourth-order valence-electron chi connectivity index (χ4n) is 12.0. The van der Waals surface area contributed by atoms with Gasteiger partial charge in [-0.25, -0.2) is 0 Å². The van der Waals surface area contributed by atoms with Crippen LogP contribution < -0.4 is 0 Å². The van der Waals surface area contributed by atoms with Gasteiger partial charge in [-0.1, -0.05) is 70.2 Å². The second-order valence-electron chi connectivity index (χ2n) is 15.7. The van der Waals surface area contributed by atoms with Crippen molar-refractivity contribution in [1.82, 2.24) is 0 Å². The van der Waals surface area contributed by atoms with Crippen molar-refractivity contribution in [2.75, 3.05) is 0 Å². The number of rotatable bonds is 4. The molecule has 0 bridgehead atoms. The quantitative estimate of drug-likeness (QED) is 0.313. The molecule has 0 aliphatic heterocycles. The van der Waals surface area contributed by atoms with E-state index in [1.807, 2.05) is 18.2 Å². The van der Waals surface area contributed by atoms with E-state index in [2.05, 4.69) is 53.3 Å². The van der Waals surface area contributed by atoms with Crippen molar-refractivity contribution < 1.29 is 14.6 Å². The normalized spacial score (nSPS) is 46.3. The number of aliphatic hydroxyl groups is 1. The Bertz CT molecular complexity index is 1110. The Morgan fingerprint density at radius 2 is 1.59 bits per heavy atom. The predicted octanol–water partition coefficient (Wildman–Crippen LogP) is 8.36. The number of benzene rings is 1. The SMILES string of the molecule is C=C(C)C1CCC2(C(=O)OCc3ccccc3)CCC3C(CCC4C3(C)CCC3C(C)(C)C(O)CCC34C)C12. The molecule has 1 aromatic carbocycles. The van der Waals surface area contributed by atoms with Gasteiger partial charge in [-0.3, -0.25) is 4.79 Å². The molecule has 5 fully saturated rings. The van der Waals surface area contributed by atoms with Crippen molar-refractivity contribution in [1.29, 1.82) is 0 Å². The fourth-order valence-corrected chi connectivity index (χ4v) is 12.0. The first-order valence-electron chi connectivity index (χ1n) is 16.0. The summed E-state index contributed by atoms with van der Waals surface area (Å²) in [6.07, 6.45) is 11.1. The van der Waals surface area contributed by atoms with Gasteiger partial charge in [0.2, 0.25) is 0 Å². The first-order chi connectivity index (χ1) is 18.4. The van der Waals surface area contributed by atoms with E-state index in [4.69, 9.17) is 4.74 Å². The maximum absolute atomic E-state index is 14.0. The molecule has 0 spiro atoms. The van der Waals surface area contributed by atoms with E-state index in [0.717, 1.165) is 44.1 Å². The van der Waals surface area contributed by atoms with Crippen molar-refractivity contribution >= 4 is 5.97 Å². The van der Waals surface area contributed by atoms with E-state index in [0.29, 0.717) is 52.9 Å². The second kappa shape index (κ2) is 9.47. The van der Waals surface area contributed by atoms with E-state index in [-0.39, 0.29) is 22.9 Å². The van der Waals surface area contributed by atoms with E-state index in [9.17, 15) is 9.90 Å². The number of aliphatic hydroxyl groups excluding tert-OH is 1. The third kappa shape index (κ3) is 3.95. The van der Waals surface area contributed by atoms with Gasteiger partial charge in [-0.2, -0.15) is 0 Å². The predicted molar refractivity (Wildman–Crippen MR) is 157 cm³/mol. The molecule has 0 radical (unpaired) electrons. The minimum absolute atomic E-state index is 0.00803. The lowest BCUT2D eigenvalue weighted by Crippen LogP contribution is -2.63. The van der Waals surface area contributed by atoms with E-state index < -0.39 is 0 Å². The molecule has 1 aromatic rings. The highest BCUT2D eigenvalue weighted by molar-refractivity contribution is 5.78. The maximum atomic E-state index is 14.0. The largest absolute Gasteiger partial charge is 0.460 e. The fraction of sp³-hybridized carbons (Fsp3) is 0.750. The number of hydrogen-bond donors (Lipinski definition) is 1. The zero-order valence-electron chi connectivity index (χ0n) is 25.2. The number of carbonyl (C=O) groups excluding carboxylic acids is 1. The standard InChI is InChI=1S/C36H52O3/c1-23(2)25-14-20-36(32(38)39-22-24-10-8-7-9-11-24)21-15-27-26(31(25)36)12-13-29-34(27,5)18-16-28-33(3,4)30(37)17-19-35(28,29)6/h7-11,25-31,37H,1,12-22H2,2-6H3. The van der Waals surface area contributed by atoms with Crippen molar-refractivity contribution in [3.63, 3.8) is 0 Å². The number of ether oxygens (including phenoxy) is 1. The molecule has 0 amide bonds. The van der Waals surface area contributed by atoms with Crippen molar-refractivity contribution in [3.05, 3.63) is 48.0 Å². The molecule has 39 heavy (non-hydrogen) atoms. The highest BCUT2D eigenvalue weighted by Crippen LogP contribution is 2.73. The van der Waals surface area contributed by atoms with Crippen molar-refractivity contribution in [2.24, 2.45) is 57.2 Å². The molecule has 0 saturated heterocycles. The Labute approximate surface area is 237 Å². The second-order valence-corrected chi connectivity index (χ2v) is 15.7. The monoisotopic (exact) mass is 532 g/mol. The third-order valence-corrected chi connectivity index (χ3v) is 13.8. The van der Waals surface area contributed by atoms with Crippen LogP contribution in [0.1, 0.15) is 104 Å². The molecule has 3 heteroatoms. The molecule has 5 aliphatic carbocycles. The lowest BCUT2D eigenvalue weighted by Gasteiger charge is -2.69. The van der Waals surface area contributed by atoms with E-state index in [1.54, 1.807) is 0 Å². The number of fused-ring (bicyclic) bond motifs is 7. The molecule has 5 saturated carbocycles. The molecule has 6 rings (SSSR count). The van der Waals surface area contributed by atoms with Gasteiger partial charge in [0.15, 0.2) is 0 Å². The molecule has 3 nitrogen and oxygen atoms in total. The Hall–Kier alpha value is -1.61. The van der Waals surface area contributed by atoms with Gasteiger partial charge >= 0.3 is 5.97 Å². The summed E-state index contributed by atoms with van der Waals surface area (Å²) >= 11 is 0. The van der Waals surface area contributed by atoms with Crippen molar-refractivity contribution in [3.8, 4) is 0 Å². The lowest BCUT2D eigenvalue weighted by atomic mass is 9.36. The average Bonchev–Trinajstić information content (AvgIpc) is 3.32. The zero-order chi connectivity index (χ0) is 27.8. The van der Waals surface area contributed by atoms with Crippen LogP contribution in [0.2, 0.25) is 0 Å². The first kappa shape index (κ1) is 27.6. The van der Waals surface area contributed by atoms with Gasteiger partial charge < -0.3 is 9.84 Å². The van der Waals surface area contributed by atoms with Crippen molar-refractivity contribution in [2.45, 2.75) is 112 Å². The van der Waals surface area contributed by atoms with Crippen LogP contribution in [0.4, 0.5) is 0 Å². The highest BCUT2D eigenvalue weighted by atomic mass is 16.5. The summed E-state index contributed by atoms with van der Waals surface area (Å²) in [7, 11) is 0. The summed E-state index contributed by atoms with van der Waals surface area (Å²) in [6, 6.07) is 10.1. The van der Waals surface area contributed by atoms with Gasteiger partial charge in [-0.05, 0) is 128 Å². The van der Waals surface area contributed by atoms with Crippen LogP contribution in [-0.2, 0) is 16.1 Å². The van der Waals surface area contributed by atoms with Gasteiger partial charge in [0, 0.05) is 0 Å². The number of esters is 1. The summed E-state index contributed by atoms with van der Waals surface area (Å²) in [4.78, 5) is 14.0. The molecular formula is C36H52O3. The van der Waals surface area contributed by atoms with Crippen LogP contribution in [-0.4, -0.2) is 17.2 Å². The molecule has 10 unspecified atom stereocenters. The minimum atomic E-state index is -0.346. The van der Waals surface area contributed by atoms with Crippen LogP contribution in [0.15, 0.2) is 42.5 Å². The molecular weight excluding hydrogens is 480 g/mol. The van der Waals surface area contributed by atoms with Gasteiger partial charge in [0.25, 0.3) is 0 Å². The molecule has 214 valence electrons. The summed E-state index contributed by atoms with van der Waals surface area (Å²) in [5.41, 5.74) is 2.60. The third-order valence-electron chi connectivity index (χ3n) is 13.8. The Morgan fingerprint density at radius 1 is 0.897 bits per heavy atom. The van der Waals surface area contributed by atoms with Gasteiger partial charge in [0.05, 0.1) is 11.5 Å². The molecule has 5 aliphatic rings. The van der Waals surface area contributed by atoms with Crippen LogP contribution >= 0.6 is 0 Å². The zero-order valence-corrected chi connectivity index (χ0v) is 25.2. The Kier molecular flexibility index (Phi) is 6.69. The minimum Gasteiger partial charge on any atom is -0.460 e. The Balaban J connectivity index is 1.30. The summed E-state index contributed by atoms with van der Waals surface area (Å²) in [6.45, 7) is 16.9. The van der Waals surface area contributed by atoms with Gasteiger partial charge in [-0.15, -0.1) is 0 Å².